The summed E-state index contributed by atoms with van der Waals surface area (Å²) in [6.45, 7) is 0. The van der Waals surface area contributed by atoms with Gasteiger partial charge in [-0.05, 0) is 0 Å². The van der Waals surface area contributed by atoms with Crippen LogP contribution in [0.5, 0.6) is 0 Å². The monoisotopic (exact) mass is 248 g/mol. The summed E-state index contributed by atoms with van der Waals surface area (Å²) >= 11 is 0. The molecule has 0 spiro atoms. The summed E-state index contributed by atoms with van der Waals surface area (Å²) in [5, 5.41) is 17.4. The Hall–Kier alpha value is -0.374. The molecule has 0 fully saturated rings. The van der Waals surface area contributed by atoms with E-state index in [2.05, 4.69) is 0 Å². The number of carboxylic acids is 1. The number of hydrogen-bond donors (Lipinski definition) is 2. The molecule has 0 radical (unpaired) electrons. The van der Waals surface area contributed by atoms with Crippen molar-refractivity contribution in [1.29, 1.82) is 0 Å². The number of ketones is 2. The van der Waals surface area contributed by atoms with Crippen molar-refractivity contribution in [3.05, 3.63) is 35.9 Å². The zero-order chi connectivity index (χ0) is 11.4. The molecule has 1 aromatic rings. The van der Waals surface area contributed by atoms with Gasteiger partial charge in [-0.25, -0.2) is 4.79 Å². The summed E-state index contributed by atoms with van der Waals surface area (Å²) in [6.07, 6.45) is -2.13. The quantitative estimate of drug-likeness (QED) is 0.256. The normalized spacial score (nSPS) is 11.1. The molecular weight excluding hydrogens is 239 g/mol. The Morgan fingerprint density at radius 1 is 1.12 bits per heavy atom. The first-order chi connectivity index (χ1) is 7.04. The van der Waals surface area contributed by atoms with E-state index in [4.69, 9.17) is 10.2 Å². The van der Waals surface area contributed by atoms with Gasteiger partial charge in [0.15, 0.2) is 11.9 Å². The minimum Gasteiger partial charge on any atom is -1.00 e. The molecule has 0 amide bonds. The van der Waals surface area contributed by atoms with Gasteiger partial charge in [-0.2, -0.15) is 0 Å². The molecule has 0 aliphatic rings. The molecule has 0 heterocycles. The smallest absolute Gasteiger partial charge is 1.00 e. The van der Waals surface area contributed by atoms with Crippen LogP contribution in [-0.4, -0.2) is 33.9 Å². The van der Waals surface area contributed by atoms with E-state index in [0.717, 1.165) is 0 Å². The van der Waals surface area contributed by atoms with E-state index >= 15 is 0 Å². The van der Waals surface area contributed by atoms with Gasteiger partial charge in [0.2, 0.25) is 0 Å². The molecule has 1 atom stereocenters. The SMILES string of the molecule is O=C(O)C(=O)C(O)C(=O)c1ccccc1.[H-].[K+]. The van der Waals surface area contributed by atoms with Crippen molar-refractivity contribution < 1.29 is 77.4 Å². The van der Waals surface area contributed by atoms with Crippen LogP contribution < -0.4 is 51.4 Å². The fraction of sp³-hybridized carbons (Fsp3) is 0.100. The number of carboxylic acid groups (broad SMARTS) is 1. The molecule has 0 saturated heterocycles. The summed E-state index contributed by atoms with van der Waals surface area (Å²) in [7, 11) is 0. The number of hydrogen-bond acceptors (Lipinski definition) is 4. The first-order valence-corrected chi connectivity index (χ1v) is 4.08. The van der Waals surface area contributed by atoms with Gasteiger partial charge in [-0.1, -0.05) is 30.3 Å². The molecule has 1 aromatic carbocycles. The maximum absolute atomic E-state index is 11.4. The topological polar surface area (TPSA) is 91.7 Å². The third-order valence-electron chi connectivity index (χ3n) is 1.77. The molecule has 0 aliphatic heterocycles. The van der Waals surface area contributed by atoms with Crippen molar-refractivity contribution in [1.82, 2.24) is 0 Å². The van der Waals surface area contributed by atoms with Gasteiger partial charge in [0.05, 0.1) is 0 Å². The van der Waals surface area contributed by atoms with E-state index in [9.17, 15) is 14.4 Å². The molecule has 0 bridgehead atoms. The third kappa shape index (κ3) is 3.89. The molecule has 16 heavy (non-hydrogen) atoms. The molecule has 0 aromatic heterocycles. The van der Waals surface area contributed by atoms with E-state index in [-0.39, 0.29) is 58.4 Å². The summed E-state index contributed by atoms with van der Waals surface area (Å²) in [4.78, 5) is 32.4. The standard InChI is InChI=1S/C10H8O5.K.H/c11-7(6-4-2-1-3-5-6)8(12)9(13)10(14)15;;/h1-5,8,12H,(H,14,15);;/q;+1;-1. The number of aliphatic hydroxyl groups excluding tert-OH is 1. The van der Waals surface area contributed by atoms with Crippen LogP contribution in [0, 0.1) is 0 Å². The van der Waals surface area contributed by atoms with E-state index in [0.29, 0.717) is 0 Å². The van der Waals surface area contributed by atoms with Crippen LogP contribution in [0.2, 0.25) is 0 Å². The number of benzene rings is 1. The van der Waals surface area contributed by atoms with Crippen molar-refractivity contribution in [2.75, 3.05) is 0 Å². The second-order valence-electron chi connectivity index (χ2n) is 2.80. The Bertz CT molecular complexity index is 406. The molecule has 1 unspecified atom stereocenters. The Kier molecular flexibility index (Phi) is 6.89. The average molecular weight is 248 g/mol. The fourth-order valence-electron chi connectivity index (χ4n) is 0.996. The molecule has 0 aliphatic carbocycles. The molecular formula is C10H9KO5. The van der Waals surface area contributed by atoms with Crippen LogP contribution in [0.3, 0.4) is 0 Å². The van der Waals surface area contributed by atoms with E-state index in [1.165, 1.54) is 12.1 Å². The second kappa shape index (κ2) is 7.05. The average Bonchev–Trinajstić information content (AvgIpc) is 2.27. The second-order valence-corrected chi connectivity index (χ2v) is 2.80. The van der Waals surface area contributed by atoms with Crippen LogP contribution >= 0.6 is 0 Å². The summed E-state index contributed by atoms with van der Waals surface area (Å²) in [5.41, 5.74) is 0.0969. The predicted molar refractivity (Wildman–Crippen MR) is 50.5 cm³/mol. The fourth-order valence-corrected chi connectivity index (χ4v) is 0.996. The van der Waals surface area contributed by atoms with Crippen molar-refractivity contribution in [2.24, 2.45) is 0 Å². The molecule has 2 N–H and O–H groups in total. The summed E-state index contributed by atoms with van der Waals surface area (Å²) < 4.78 is 0. The van der Waals surface area contributed by atoms with Crippen molar-refractivity contribution in [3.63, 3.8) is 0 Å². The first-order valence-electron chi connectivity index (χ1n) is 4.08. The molecule has 6 heteroatoms. The van der Waals surface area contributed by atoms with Crippen LogP contribution in [0.4, 0.5) is 0 Å². The van der Waals surface area contributed by atoms with Crippen LogP contribution in [0.15, 0.2) is 30.3 Å². The van der Waals surface area contributed by atoms with Gasteiger partial charge in [-0.15, -0.1) is 0 Å². The number of rotatable bonds is 4. The summed E-state index contributed by atoms with van der Waals surface area (Å²) in [5.74, 6) is -4.27. The van der Waals surface area contributed by atoms with Gasteiger partial charge >= 0.3 is 57.4 Å². The van der Waals surface area contributed by atoms with Crippen molar-refractivity contribution in [3.8, 4) is 0 Å². The third-order valence-corrected chi connectivity index (χ3v) is 1.77. The minimum absolute atomic E-state index is 0. The van der Waals surface area contributed by atoms with Crippen LogP contribution in [0.1, 0.15) is 11.8 Å². The van der Waals surface area contributed by atoms with Gasteiger partial charge in [0.1, 0.15) is 0 Å². The number of aliphatic carboxylic acids is 1. The molecule has 80 valence electrons. The Labute approximate surface area is 135 Å². The zero-order valence-corrected chi connectivity index (χ0v) is 11.7. The van der Waals surface area contributed by atoms with Crippen molar-refractivity contribution in [2.45, 2.75) is 6.10 Å². The maximum Gasteiger partial charge on any atom is 1.00 e. The zero-order valence-electron chi connectivity index (χ0n) is 9.58. The largest absolute Gasteiger partial charge is 1.00 e. The Balaban J connectivity index is 0. The first kappa shape index (κ1) is 15.6. The van der Waals surface area contributed by atoms with Gasteiger partial charge in [0, 0.05) is 5.56 Å². The van der Waals surface area contributed by atoms with E-state index in [1.807, 2.05) is 0 Å². The molecule has 1 rings (SSSR count). The number of carbonyl (C=O) groups is 3. The van der Waals surface area contributed by atoms with Crippen LogP contribution in [0.25, 0.3) is 0 Å². The number of carbonyl (C=O) groups excluding carboxylic acids is 2. The van der Waals surface area contributed by atoms with Gasteiger partial charge in [-0.3, -0.25) is 9.59 Å². The van der Waals surface area contributed by atoms with E-state index in [1.54, 1.807) is 18.2 Å². The molecule has 5 nitrogen and oxygen atoms in total. The predicted octanol–water partition coefficient (Wildman–Crippen LogP) is -3.00. The van der Waals surface area contributed by atoms with Gasteiger partial charge in [0.25, 0.3) is 5.78 Å². The Morgan fingerprint density at radius 2 is 1.62 bits per heavy atom. The summed E-state index contributed by atoms with van der Waals surface area (Å²) in [6, 6.07) is 7.53. The number of aliphatic hydroxyl groups is 1. The maximum atomic E-state index is 11.4. The van der Waals surface area contributed by atoms with Gasteiger partial charge < -0.3 is 11.6 Å². The van der Waals surface area contributed by atoms with Crippen LogP contribution in [-0.2, 0) is 9.59 Å². The minimum atomic E-state index is -2.13. The molecule has 0 saturated carbocycles. The van der Waals surface area contributed by atoms with Crippen molar-refractivity contribution >= 4 is 17.5 Å². The van der Waals surface area contributed by atoms with E-state index < -0.39 is 23.6 Å². The Morgan fingerprint density at radius 3 is 2.06 bits per heavy atom. The number of Topliss-reactive ketones (excluding diaryl/α,β-unsaturated/α-hetero) is 2.